The highest BCUT2D eigenvalue weighted by Gasteiger charge is 1.99. The minimum Gasteiger partial charge on any atom is -0.361 e. The van der Waals surface area contributed by atoms with Gasteiger partial charge >= 0.3 is 0 Å². The van der Waals surface area contributed by atoms with Crippen LogP contribution in [-0.4, -0.2) is 17.6 Å². The maximum atomic E-state index is 10.5. The van der Waals surface area contributed by atoms with Crippen molar-refractivity contribution in [3.8, 4) is 0 Å². The van der Waals surface area contributed by atoms with E-state index in [-0.39, 0.29) is 5.91 Å². The van der Waals surface area contributed by atoms with Crippen LogP contribution in [0.4, 0.5) is 0 Å². The summed E-state index contributed by atoms with van der Waals surface area (Å²) in [5.41, 5.74) is 0.868. The molecule has 0 saturated carbocycles. The summed E-state index contributed by atoms with van der Waals surface area (Å²) in [5, 5.41) is 6.40. The summed E-state index contributed by atoms with van der Waals surface area (Å²) in [5.74, 6) is 0.785. The van der Waals surface area contributed by atoms with Gasteiger partial charge in [0, 0.05) is 26.0 Å². The molecule has 1 amide bonds. The molecule has 1 rings (SSSR count). The van der Waals surface area contributed by atoms with Crippen molar-refractivity contribution in [3.63, 3.8) is 0 Å². The first-order chi connectivity index (χ1) is 5.68. The number of aromatic nitrogens is 1. The van der Waals surface area contributed by atoms with Gasteiger partial charge in [-0.1, -0.05) is 5.16 Å². The van der Waals surface area contributed by atoms with Crippen LogP contribution in [0.2, 0.25) is 0 Å². The second-order valence-corrected chi connectivity index (χ2v) is 2.67. The Balaban J connectivity index is 2.29. The first-order valence-corrected chi connectivity index (χ1v) is 3.85. The summed E-state index contributed by atoms with van der Waals surface area (Å²) < 4.78 is 4.94. The monoisotopic (exact) mass is 168 g/mol. The Morgan fingerprint density at radius 3 is 3.00 bits per heavy atom. The third kappa shape index (κ3) is 2.74. The molecule has 0 aliphatic carbocycles. The summed E-state index contributed by atoms with van der Waals surface area (Å²) in [7, 11) is 0. The van der Waals surface area contributed by atoms with Crippen molar-refractivity contribution in [1.29, 1.82) is 0 Å². The standard InChI is InChI=1S/C8H12N2O2/c1-6-5-8(12-10-6)3-4-9-7(2)11/h5H,3-4H2,1-2H3,(H,9,11). The largest absolute Gasteiger partial charge is 0.361 e. The van der Waals surface area contributed by atoms with Gasteiger partial charge in [0.15, 0.2) is 0 Å². The molecule has 0 radical (unpaired) electrons. The van der Waals surface area contributed by atoms with Gasteiger partial charge in [0.25, 0.3) is 0 Å². The number of amides is 1. The van der Waals surface area contributed by atoms with Gasteiger partial charge in [-0.3, -0.25) is 4.79 Å². The Labute approximate surface area is 70.9 Å². The first kappa shape index (κ1) is 8.77. The lowest BCUT2D eigenvalue weighted by Crippen LogP contribution is -2.22. The summed E-state index contributed by atoms with van der Waals surface area (Å²) in [6, 6.07) is 1.86. The number of nitrogens with one attached hydrogen (secondary N) is 1. The van der Waals surface area contributed by atoms with Gasteiger partial charge in [-0.25, -0.2) is 0 Å². The van der Waals surface area contributed by atoms with E-state index in [1.807, 2.05) is 13.0 Å². The first-order valence-electron chi connectivity index (χ1n) is 3.85. The molecular weight excluding hydrogens is 156 g/mol. The molecule has 0 unspecified atom stereocenters. The molecule has 0 fully saturated rings. The topological polar surface area (TPSA) is 55.1 Å². The quantitative estimate of drug-likeness (QED) is 0.721. The molecule has 4 nitrogen and oxygen atoms in total. The van der Waals surface area contributed by atoms with Crippen molar-refractivity contribution < 1.29 is 9.32 Å². The van der Waals surface area contributed by atoms with Crippen molar-refractivity contribution >= 4 is 5.91 Å². The molecule has 0 atom stereocenters. The van der Waals surface area contributed by atoms with Crippen LogP contribution in [0.25, 0.3) is 0 Å². The molecule has 1 aromatic rings. The minimum atomic E-state index is -0.0220. The second-order valence-electron chi connectivity index (χ2n) is 2.67. The molecule has 0 saturated heterocycles. The van der Waals surface area contributed by atoms with E-state index in [4.69, 9.17) is 4.52 Å². The van der Waals surface area contributed by atoms with E-state index < -0.39 is 0 Å². The van der Waals surface area contributed by atoms with Crippen molar-refractivity contribution in [3.05, 3.63) is 17.5 Å². The number of carbonyl (C=O) groups excluding carboxylic acids is 1. The van der Waals surface area contributed by atoms with Crippen LogP contribution < -0.4 is 5.32 Å². The average Bonchev–Trinajstić information content (AvgIpc) is 2.35. The lowest BCUT2D eigenvalue weighted by atomic mass is 10.3. The molecule has 1 heterocycles. The fourth-order valence-electron chi connectivity index (χ4n) is 0.896. The number of hydrogen-bond donors (Lipinski definition) is 1. The molecular formula is C8H12N2O2. The van der Waals surface area contributed by atoms with E-state index in [9.17, 15) is 4.79 Å². The number of aryl methyl sites for hydroxylation is 1. The van der Waals surface area contributed by atoms with E-state index in [1.54, 1.807) is 0 Å². The van der Waals surface area contributed by atoms with E-state index in [1.165, 1.54) is 6.92 Å². The molecule has 12 heavy (non-hydrogen) atoms. The van der Waals surface area contributed by atoms with E-state index in [2.05, 4.69) is 10.5 Å². The average molecular weight is 168 g/mol. The van der Waals surface area contributed by atoms with Gasteiger partial charge in [0.05, 0.1) is 5.69 Å². The zero-order valence-corrected chi connectivity index (χ0v) is 7.26. The number of hydrogen-bond acceptors (Lipinski definition) is 3. The molecule has 0 aromatic carbocycles. The van der Waals surface area contributed by atoms with Crippen LogP contribution in [0.5, 0.6) is 0 Å². The Kier molecular flexibility index (Phi) is 2.85. The number of rotatable bonds is 3. The SMILES string of the molecule is CC(=O)NCCc1cc(C)no1. The van der Waals surface area contributed by atoms with Crippen LogP contribution in [0.15, 0.2) is 10.6 Å². The highest BCUT2D eigenvalue weighted by Crippen LogP contribution is 2.01. The Morgan fingerprint density at radius 1 is 1.75 bits per heavy atom. The van der Waals surface area contributed by atoms with Gasteiger partial charge in [-0.2, -0.15) is 0 Å². The van der Waals surface area contributed by atoms with Crippen molar-refractivity contribution in [1.82, 2.24) is 10.5 Å². The molecule has 4 heteroatoms. The highest BCUT2D eigenvalue weighted by molar-refractivity contribution is 5.72. The Bertz CT molecular complexity index is 268. The molecule has 0 aliphatic heterocycles. The van der Waals surface area contributed by atoms with Gasteiger partial charge < -0.3 is 9.84 Å². The lowest BCUT2D eigenvalue weighted by Gasteiger charge is -1.96. The van der Waals surface area contributed by atoms with E-state index in [0.717, 1.165) is 11.5 Å². The highest BCUT2D eigenvalue weighted by atomic mass is 16.5. The molecule has 1 aromatic heterocycles. The summed E-state index contributed by atoms with van der Waals surface area (Å²) in [6.45, 7) is 3.96. The van der Waals surface area contributed by atoms with Crippen LogP contribution in [-0.2, 0) is 11.2 Å². The van der Waals surface area contributed by atoms with Crippen LogP contribution in [0.1, 0.15) is 18.4 Å². The molecule has 0 spiro atoms. The maximum absolute atomic E-state index is 10.5. The smallest absolute Gasteiger partial charge is 0.216 e. The normalized spacial score (nSPS) is 9.83. The predicted molar refractivity (Wildman–Crippen MR) is 43.6 cm³/mol. The van der Waals surface area contributed by atoms with Gasteiger partial charge in [-0.15, -0.1) is 0 Å². The van der Waals surface area contributed by atoms with E-state index in [0.29, 0.717) is 13.0 Å². The van der Waals surface area contributed by atoms with Crippen LogP contribution in [0, 0.1) is 6.92 Å². The molecule has 0 bridgehead atoms. The van der Waals surface area contributed by atoms with Crippen molar-refractivity contribution in [2.24, 2.45) is 0 Å². The summed E-state index contributed by atoms with van der Waals surface area (Å²) >= 11 is 0. The fraction of sp³-hybridized carbons (Fsp3) is 0.500. The molecule has 0 aliphatic rings. The zero-order chi connectivity index (χ0) is 8.97. The van der Waals surface area contributed by atoms with E-state index >= 15 is 0 Å². The minimum absolute atomic E-state index is 0.0220. The van der Waals surface area contributed by atoms with Gasteiger partial charge in [-0.05, 0) is 6.92 Å². The van der Waals surface area contributed by atoms with Gasteiger partial charge in [0.2, 0.25) is 5.91 Å². The Morgan fingerprint density at radius 2 is 2.50 bits per heavy atom. The van der Waals surface area contributed by atoms with Crippen molar-refractivity contribution in [2.45, 2.75) is 20.3 Å². The molecule has 66 valence electrons. The Hall–Kier alpha value is -1.32. The van der Waals surface area contributed by atoms with Crippen LogP contribution in [0.3, 0.4) is 0 Å². The lowest BCUT2D eigenvalue weighted by molar-refractivity contribution is -0.118. The third-order valence-corrected chi connectivity index (χ3v) is 1.42. The van der Waals surface area contributed by atoms with Gasteiger partial charge in [0.1, 0.15) is 5.76 Å². The number of carbonyl (C=O) groups is 1. The summed E-state index contributed by atoms with van der Waals surface area (Å²) in [4.78, 5) is 10.5. The summed E-state index contributed by atoms with van der Waals surface area (Å²) in [6.07, 6.45) is 0.695. The molecule has 1 N–H and O–H groups in total. The fourth-order valence-corrected chi connectivity index (χ4v) is 0.896. The predicted octanol–water partition coefficient (Wildman–Crippen LogP) is 0.662. The second kappa shape index (κ2) is 3.90. The number of nitrogens with zero attached hydrogens (tertiary/aromatic N) is 1. The third-order valence-electron chi connectivity index (χ3n) is 1.42. The van der Waals surface area contributed by atoms with Crippen molar-refractivity contribution in [2.75, 3.05) is 6.54 Å². The maximum Gasteiger partial charge on any atom is 0.216 e. The van der Waals surface area contributed by atoms with Crippen LogP contribution >= 0.6 is 0 Å². The zero-order valence-electron chi connectivity index (χ0n) is 7.26.